The molecule has 102 valence electrons. The molecule has 0 unspecified atom stereocenters. The van der Waals surface area contributed by atoms with Gasteiger partial charge in [0.1, 0.15) is 6.07 Å². The minimum atomic E-state index is 0.450. The molecule has 0 atom stereocenters. The Morgan fingerprint density at radius 3 is 2.50 bits per heavy atom. The first-order chi connectivity index (χ1) is 9.71. The summed E-state index contributed by atoms with van der Waals surface area (Å²) >= 11 is 0. The second-order valence-corrected chi connectivity index (χ2v) is 4.70. The van der Waals surface area contributed by atoms with E-state index in [1.54, 1.807) is 0 Å². The van der Waals surface area contributed by atoms with Crippen molar-refractivity contribution in [1.82, 2.24) is 0 Å². The van der Waals surface area contributed by atoms with E-state index >= 15 is 0 Å². The third-order valence-corrected chi connectivity index (χ3v) is 3.43. The van der Waals surface area contributed by atoms with Crippen molar-refractivity contribution in [3.63, 3.8) is 0 Å². The molecular weight excluding hydrogens is 246 g/mol. The lowest BCUT2D eigenvalue weighted by molar-refractivity contribution is 1.01. The van der Waals surface area contributed by atoms with Gasteiger partial charge in [0.15, 0.2) is 0 Å². The van der Waals surface area contributed by atoms with Crippen LogP contribution in [0, 0.1) is 18.3 Å². The van der Waals surface area contributed by atoms with Gasteiger partial charge in [-0.15, -0.1) is 0 Å². The van der Waals surface area contributed by atoms with Gasteiger partial charge in [0.25, 0.3) is 0 Å². The first-order valence-corrected chi connectivity index (χ1v) is 6.77. The molecule has 3 nitrogen and oxygen atoms in total. The highest BCUT2D eigenvalue weighted by Gasteiger charge is 2.13. The van der Waals surface area contributed by atoms with Crippen LogP contribution < -0.4 is 10.6 Å². The third-order valence-electron chi connectivity index (χ3n) is 3.43. The lowest BCUT2D eigenvalue weighted by Gasteiger charge is -2.26. The fraction of sp³-hybridized carbons (Fsp3) is 0.235. The van der Waals surface area contributed by atoms with E-state index in [4.69, 9.17) is 5.73 Å². The Kier molecular flexibility index (Phi) is 4.39. The summed E-state index contributed by atoms with van der Waals surface area (Å²) in [5, 5.41) is 9.38. The fourth-order valence-electron chi connectivity index (χ4n) is 2.37. The lowest BCUT2D eigenvalue weighted by atomic mass is 10.1. The summed E-state index contributed by atoms with van der Waals surface area (Å²) in [6, 6.07) is 16.3. The molecule has 3 heteroatoms. The van der Waals surface area contributed by atoms with Crippen LogP contribution in [0.3, 0.4) is 0 Å². The number of aryl methyl sites for hydroxylation is 1. The summed E-state index contributed by atoms with van der Waals surface area (Å²) in [5.74, 6) is 0. The molecule has 0 aliphatic rings. The molecule has 0 fully saturated rings. The summed E-state index contributed by atoms with van der Waals surface area (Å²) in [5.41, 5.74) is 10.5. The van der Waals surface area contributed by atoms with Gasteiger partial charge < -0.3 is 10.6 Å². The zero-order valence-electron chi connectivity index (χ0n) is 11.9. The Balaban J connectivity index is 2.53. The third kappa shape index (κ3) is 2.66. The Morgan fingerprint density at radius 2 is 1.90 bits per heavy atom. The average molecular weight is 265 g/mol. The van der Waals surface area contributed by atoms with Crippen molar-refractivity contribution in [2.75, 3.05) is 11.4 Å². The van der Waals surface area contributed by atoms with Crippen LogP contribution in [0.15, 0.2) is 42.5 Å². The predicted molar refractivity (Wildman–Crippen MR) is 82.9 cm³/mol. The van der Waals surface area contributed by atoms with Crippen molar-refractivity contribution in [3.05, 3.63) is 59.2 Å². The molecule has 0 aromatic heterocycles. The standard InChI is InChI=1S/C17H19N3/c1-3-20(16-7-5-4-6-13(16)2)17-9-8-14(11-18)10-15(17)12-19/h4-10H,3,11,18H2,1-2H3. The van der Waals surface area contributed by atoms with E-state index in [0.717, 1.165) is 23.5 Å². The summed E-state index contributed by atoms with van der Waals surface area (Å²) in [7, 11) is 0. The van der Waals surface area contributed by atoms with E-state index in [0.29, 0.717) is 12.1 Å². The number of nitrogens with two attached hydrogens (primary N) is 1. The first-order valence-electron chi connectivity index (χ1n) is 6.77. The van der Waals surface area contributed by atoms with Gasteiger partial charge in [0.05, 0.1) is 11.3 Å². The number of hydrogen-bond donors (Lipinski definition) is 1. The Morgan fingerprint density at radius 1 is 1.15 bits per heavy atom. The van der Waals surface area contributed by atoms with Crippen LogP contribution in [-0.4, -0.2) is 6.54 Å². The normalized spacial score (nSPS) is 10.1. The van der Waals surface area contributed by atoms with Crippen LogP contribution in [0.4, 0.5) is 11.4 Å². The molecule has 2 aromatic carbocycles. The second-order valence-electron chi connectivity index (χ2n) is 4.70. The van der Waals surface area contributed by atoms with Gasteiger partial charge in [0, 0.05) is 18.8 Å². The molecule has 0 bridgehead atoms. The summed E-state index contributed by atoms with van der Waals surface area (Å²) in [6.45, 7) is 5.43. The van der Waals surface area contributed by atoms with Crippen molar-refractivity contribution >= 4 is 11.4 Å². The predicted octanol–water partition coefficient (Wildman–Crippen LogP) is 3.48. The van der Waals surface area contributed by atoms with Crippen LogP contribution in [0.25, 0.3) is 0 Å². The summed E-state index contributed by atoms with van der Waals surface area (Å²) in [4.78, 5) is 2.16. The molecule has 2 aromatic rings. The molecule has 0 spiro atoms. The molecule has 0 heterocycles. The van der Waals surface area contributed by atoms with Gasteiger partial charge >= 0.3 is 0 Å². The smallest absolute Gasteiger partial charge is 0.101 e. The van der Waals surface area contributed by atoms with Crippen LogP contribution >= 0.6 is 0 Å². The van der Waals surface area contributed by atoms with Gasteiger partial charge in [-0.2, -0.15) is 5.26 Å². The minimum absolute atomic E-state index is 0.450. The lowest BCUT2D eigenvalue weighted by Crippen LogP contribution is -2.18. The SMILES string of the molecule is CCN(c1ccccc1C)c1ccc(CN)cc1C#N. The number of hydrogen-bond acceptors (Lipinski definition) is 3. The van der Waals surface area contributed by atoms with Gasteiger partial charge in [-0.25, -0.2) is 0 Å². The number of nitriles is 1. The minimum Gasteiger partial charge on any atom is -0.340 e. The van der Waals surface area contributed by atoms with Crippen molar-refractivity contribution in [2.24, 2.45) is 5.73 Å². The first kappa shape index (κ1) is 14.1. The highest BCUT2D eigenvalue weighted by molar-refractivity contribution is 5.71. The highest BCUT2D eigenvalue weighted by Crippen LogP contribution is 2.30. The molecule has 0 saturated heterocycles. The van der Waals surface area contributed by atoms with E-state index in [2.05, 4.69) is 36.9 Å². The number of nitrogens with zero attached hydrogens (tertiary/aromatic N) is 2. The van der Waals surface area contributed by atoms with E-state index in [1.807, 2.05) is 30.3 Å². The Hall–Kier alpha value is -2.31. The molecule has 0 aliphatic carbocycles. The molecule has 0 aliphatic heterocycles. The molecule has 2 N–H and O–H groups in total. The quantitative estimate of drug-likeness (QED) is 0.920. The van der Waals surface area contributed by atoms with Crippen molar-refractivity contribution in [2.45, 2.75) is 20.4 Å². The molecular formula is C17H19N3. The zero-order valence-corrected chi connectivity index (χ0v) is 11.9. The van der Waals surface area contributed by atoms with Crippen LogP contribution in [0.2, 0.25) is 0 Å². The maximum absolute atomic E-state index is 9.38. The monoisotopic (exact) mass is 265 g/mol. The van der Waals surface area contributed by atoms with Crippen molar-refractivity contribution in [1.29, 1.82) is 5.26 Å². The Bertz CT molecular complexity index is 641. The summed E-state index contributed by atoms with van der Waals surface area (Å²) < 4.78 is 0. The molecule has 0 radical (unpaired) electrons. The van der Waals surface area contributed by atoms with E-state index in [9.17, 15) is 5.26 Å². The fourth-order valence-corrected chi connectivity index (χ4v) is 2.37. The highest BCUT2D eigenvalue weighted by atomic mass is 15.1. The average Bonchev–Trinajstić information content (AvgIpc) is 2.50. The Labute approximate surface area is 120 Å². The maximum Gasteiger partial charge on any atom is 0.101 e. The number of para-hydroxylation sites is 1. The maximum atomic E-state index is 9.38. The second kappa shape index (κ2) is 6.23. The topological polar surface area (TPSA) is 53.0 Å². The number of benzene rings is 2. The van der Waals surface area contributed by atoms with E-state index in [1.165, 1.54) is 5.56 Å². The van der Waals surface area contributed by atoms with E-state index < -0.39 is 0 Å². The zero-order chi connectivity index (χ0) is 14.5. The molecule has 0 saturated carbocycles. The van der Waals surface area contributed by atoms with Gasteiger partial charge in [-0.1, -0.05) is 24.3 Å². The van der Waals surface area contributed by atoms with Gasteiger partial charge in [0.2, 0.25) is 0 Å². The van der Waals surface area contributed by atoms with Gasteiger partial charge in [-0.05, 0) is 43.2 Å². The molecule has 20 heavy (non-hydrogen) atoms. The van der Waals surface area contributed by atoms with Crippen molar-refractivity contribution in [3.8, 4) is 6.07 Å². The number of rotatable bonds is 4. The van der Waals surface area contributed by atoms with Crippen molar-refractivity contribution < 1.29 is 0 Å². The van der Waals surface area contributed by atoms with Crippen LogP contribution in [0.5, 0.6) is 0 Å². The molecule has 2 rings (SSSR count). The van der Waals surface area contributed by atoms with Crippen LogP contribution in [0.1, 0.15) is 23.6 Å². The van der Waals surface area contributed by atoms with Crippen LogP contribution in [-0.2, 0) is 6.54 Å². The summed E-state index contributed by atoms with van der Waals surface area (Å²) in [6.07, 6.45) is 0. The number of anilines is 2. The van der Waals surface area contributed by atoms with E-state index in [-0.39, 0.29) is 0 Å². The largest absolute Gasteiger partial charge is 0.340 e. The molecule has 0 amide bonds. The van der Waals surface area contributed by atoms with Gasteiger partial charge in [-0.3, -0.25) is 0 Å².